The van der Waals surface area contributed by atoms with Crippen molar-refractivity contribution in [2.45, 2.75) is 58.3 Å². The second-order valence-corrected chi connectivity index (χ2v) is 6.28. The van der Waals surface area contributed by atoms with E-state index in [9.17, 15) is 9.90 Å². The van der Waals surface area contributed by atoms with Gasteiger partial charge in [-0.2, -0.15) is 5.10 Å². The van der Waals surface area contributed by atoms with Gasteiger partial charge in [-0.05, 0) is 24.6 Å². The molecule has 0 saturated heterocycles. The van der Waals surface area contributed by atoms with Crippen LogP contribution in [0.15, 0.2) is 27.8 Å². The second-order valence-electron chi connectivity index (χ2n) is 5.37. The molecule has 0 aliphatic heterocycles. The number of aromatic hydroxyl groups is 1. The van der Waals surface area contributed by atoms with Crippen molar-refractivity contribution in [3.8, 4) is 5.75 Å². The third-order valence-electron chi connectivity index (χ3n) is 3.39. The number of phenols is 1. The van der Waals surface area contributed by atoms with E-state index in [1.807, 2.05) is 0 Å². The number of hydrogen-bond donors (Lipinski definition) is 2. The molecule has 0 bridgehead atoms. The van der Waals surface area contributed by atoms with Gasteiger partial charge in [0.15, 0.2) is 0 Å². The van der Waals surface area contributed by atoms with Crippen LogP contribution in [0.1, 0.15) is 63.9 Å². The van der Waals surface area contributed by atoms with Crippen LogP contribution in [0, 0.1) is 0 Å². The van der Waals surface area contributed by atoms with Crippen LogP contribution >= 0.6 is 15.9 Å². The Hall–Kier alpha value is -1.36. The van der Waals surface area contributed by atoms with Gasteiger partial charge in [0.1, 0.15) is 5.75 Å². The zero-order valence-corrected chi connectivity index (χ0v) is 14.7. The summed E-state index contributed by atoms with van der Waals surface area (Å²) in [4.78, 5) is 11.6. The standard InChI is InChI=1S/C17H25BrN2O2/c1-2-3-4-5-6-7-8-9-17(22)20-19-13-14-12-15(18)10-11-16(14)21/h10-13,21H,2-9H2,1H3,(H,20,22)/b19-13+. The van der Waals surface area contributed by atoms with Gasteiger partial charge in [-0.1, -0.05) is 61.4 Å². The topological polar surface area (TPSA) is 61.7 Å². The van der Waals surface area contributed by atoms with Crippen molar-refractivity contribution in [1.82, 2.24) is 5.43 Å². The van der Waals surface area contributed by atoms with Crippen molar-refractivity contribution in [3.63, 3.8) is 0 Å². The first-order valence-corrected chi connectivity index (χ1v) is 8.73. The molecule has 1 amide bonds. The highest BCUT2D eigenvalue weighted by Gasteiger charge is 2.01. The summed E-state index contributed by atoms with van der Waals surface area (Å²) in [5, 5.41) is 13.5. The van der Waals surface area contributed by atoms with Crippen molar-refractivity contribution < 1.29 is 9.90 Å². The number of amides is 1. The largest absolute Gasteiger partial charge is 0.507 e. The number of carbonyl (C=O) groups excluding carboxylic acids is 1. The van der Waals surface area contributed by atoms with Crippen LogP contribution in [0.2, 0.25) is 0 Å². The van der Waals surface area contributed by atoms with Gasteiger partial charge < -0.3 is 5.11 Å². The molecule has 1 aromatic carbocycles. The maximum Gasteiger partial charge on any atom is 0.240 e. The van der Waals surface area contributed by atoms with Crippen molar-refractivity contribution >= 4 is 28.1 Å². The lowest BCUT2D eigenvalue weighted by Gasteiger charge is -2.02. The van der Waals surface area contributed by atoms with Crippen molar-refractivity contribution in [3.05, 3.63) is 28.2 Å². The monoisotopic (exact) mass is 368 g/mol. The first-order chi connectivity index (χ1) is 10.6. The highest BCUT2D eigenvalue weighted by atomic mass is 79.9. The molecule has 0 saturated carbocycles. The number of benzene rings is 1. The van der Waals surface area contributed by atoms with Gasteiger partial charge in [0.05, 0.1) is 6.21 Å². The molecule has 22 heavy (non-hydrogen) atoms. The second kappa shape index (κ2) is 11.2. The molecule has 0 aromatic heterocycles. The Morgan fingerprint density at radius 3 is 2.64 bits per heavy atom. The van der Waals surface area contributed by atoms with E-state index >= 15 is 0 Å². The molecule has 0 heterocycles. The zero-order chi connectivity index (χ0) is 16.2. The van der Waals surface area contributed by atoms with Crippen LogP contribution in [0.5, 0.6) is 5.75 Å². The summed E-state index contributed by atoms with van der Waals surface area (Å²) in [6.07, 6.45) is 10.2. The first kappa shape index (κ1) is 18.7. The third-order valence-corrected chi connectivity index (χ3v) is 3.88. The molecule has 0 spiro atoms. The molecule has 2 N–H and O–H groups in total. The Bertz CT molecular complexity index is 490. The molecule has 0 unspecified atom stereocenters. The van der Waals surface area contributed by atoms with Crippen molar-refractivity contribution in [2.75, 3.05) is 0 Å². The van der Waals surface area contributed by atoms with Crippen LogP contribution in [0.4, 0.5) is 0 Å². The zero-order valence-electron chi connectivity index (χ0n) is 13.1. The van der Waals surface area contributed by atoms with E-state index in [2.05, 4.69) is 33.4 Å². The van der Waals surface area contributed by atoms with Gasteiger partial charge in [-0.25, -0.2) is 5.43 Å². The number of nitrogens with zero attached hydrogens (tertiary/aromatic N) is 1. The summed E-state index contributed by atoms with van der Waals surface area (Å²) in [5.41, 5.74) is 3.05. The van der Waals surface area contributed by atoms with Crippen LogP contribution < -0.4 is 5.43 Å². The van der Waals surface area contributed by atoms with E-state index in [-0.39, 0.29) is 11.7 Å². The SMILES string of the molecule is CCCCCCCCCC(=O)N/N=C/c1cc(Br)ccc1O. The lowest BCUT2D eigenvalue weighted by Crippen LogP contribution is -2.16. The maximum absolute atomic E-state index is 11.6. The lowest BCUT2D eigenvalue weighted by atomic mass is 10.1. The van der Waals surface area contributed by atoms with E-state index in [1.165, 1.54) is 38.3 Å². The fourth-order valence-corrected chi connectivity index (χ4v) is 2.48. The van der Waals surface area contributed by atoms with E-state index in [1.54, 1.807) is 18.2 Å². The van der Waals surface area contributed by atoms with Crippen LogP contribution in [-0.2, 0) is 4.79 Å². The lowest BCUT2D eigenvalue weighted by molar-refractivity contribution is -0.121. The molecule has 0 aliphatic rings. The summed E-state index contributed by atoms with van der Waals surface area (Å²) in [5.74, 6) is 0.0487. The van der Waals surface area contributed by atoms with E-state index in [0.717, 1.165) is 17.3 Å². The van der Waals surface area contributed by atoms with Crippen molar-refractivity contribution in [2.24, 2.45) is 5.10 Å². The summed E-state index contributed by atoms with van der Waals surface area (Å²) < 4.78 is 0.848. The molecule has 5 heteroatoms. The fraction of sp³-hybridized carbons (Fsp3) is 0.529. The van der Waals surface area contributed by atoms with E-state index in [0.29, 0.717) is 12.0 Å². The number of unbranched alkanes of at least 4 members (excludes halogenated alkanes) is 6. The Morgan fingerprint density at radius 2 is 1.91 bits per heavy atom. The first-order valence-electron chi connectivity index (χ1n) is 7.94. The average Bonchev–Trinajstić information content (AvgIpc) is 2.50. The van der Waals surface area contributed by atoms with Gasteiger partial charge in [0.2, 0.25) is 5.91 Å². The van der Waals surface area contributed by atoms with E-state index in [4.69, 9.17) is 0 Å². The number of carbonyl (C=O) groups is 1. The minimum Gasteiger partial charge on any atom is -0.507 e. The Morgan fingerprint density at radius 1 is 1.23 bits per heavy atom. The Kier molecular flexibility index (Phi) is 9.55. The summed E-state index contributed by atoms with van der Waals surface area (Å²) in [7, 11) is 0. The van der Waals surface area contributed by atoms with Gasteiger partial charge in [-0.3, -0.25) is 4.79 Å². The minimum atomic E-state index is -0.0840. The average molecular weight is 369 g/mol. The molecule has 0 atom stereocenters. The molecule has 1 rings (SSSR count). The minimum absolute atomic E-state index is 0.0840. The number of hydrogen-bond acceptors (Lipinski definition) is 3. The van der Waals surface area contributed by atoms with Gasteiger partial charge in [-0.15, -0.1) is 0 Å². The molecule has 1 aromatic rings. The molecule has 0 radical (unpaired) electrons. The molecular weight excluding hydrogens is 344 g/mol. The smallest absolute Gasteiger partial charge is 0.240 e. The number of rotatable bonds is 10. The summed E-state index contributed by atoms with van der Waals surface area (Å²) >= 11 is 3.32. The quantitative estimate of drug-likeness (QED) is 0.355. The van der Waals surface area contributed by atoms with E-state index < -0.39 is 0 Å². The highest BCUT2D eigenvalue weighted by molar-refractivity contribution is 9.10. The fourth-order valence-electron chi connectivity index (χ4n) is 2.10. The van der Waals surface area contributed by atoms with Crippen LogP contribution in [0.25, 0.3) is 0 Å². The summed E-state index contributed by atoms with van der Waals surface area (Å²) in [6, 6.07) is 5.05. The third kappa shape index (κ3) is 8.17. The number of phenolic OH excluding ortho intramolecular Hbond substituents is 1. The number of hydrazone groups is 1. The molecule has 4 nitrogen and oxygen atoms in total. The normalized spacial score (nSPS) is 11.0. The van der Waals surface area contributed by atoms with Crippen LogP contribution in [0.3, 0.4) is 0 Å². The van der Waals surface area contributed by atoms with Crippen LogP contribution in [-0.4, -0.2) is 17.2 Å². The highest BCUT2D eigenvalue weighted by Crippen LogP contribution is 2.19. The molecular formula is C17H25BrN2O2. The van der Waals surface area contributed by atoms with Crippen molar-refractivity contribution in [1.29, 1.82) is 0 Å². The molecule has 122 valence electrons. The summed E-state index contributed by atoms with van der Waals surface area (Å²) in [6.45, 7) is 2.21. The predicted molar refractivity (Wildman–Crippen MR) is 94.2 cm³/mol. The molecule has 0 aliphatic carbocycles. The predicted octanol–water partition coefficient (Wildman–Crippen LogP) is 4.75. The van der Waals surface area contributed by atoms with Gasteiger partial charge in [0, 0.05) is 16.5 Å². The maximum atomic E-state index is 11.6. The molecule has 0 fully saturated rings. The Balaban J connectivity index is 2.17. The Labute approximate surface area is 141 Å². The number of halogens is 1. The van der Waals surface area contributed by atoms with Gasteiger partial charge >= 0.3 is 0 Å². The number of nitrogens with one attached hydrogen (secondary N) is 1. The van der Waals surface area contributed by atoms with Gasteiger partial charge in [0.25, 0.3) is 0 Å².